The van der Waals surface area contributed by atoms with Crippen LogP contribution < -0.4 is 15.8 Å². The van der Waals surface area contributed by atoms with Crippen LogP contribution in [0.15, 0.2) is 53.5 Å². The molecule has 0 bridgehead atoms. The van der Waals surface area contributed by atoms with Gasteiger partial charge in [-0.1, -0.05) is 18.2 Å². The molecule has 0 unspecified atom stereocenters. The van der Waals surface area contributed by atoms with Crippen molar-refractivity contribution in [3.63, 3.8) is 0 Å². The number of aromatic nitrogens is 3. The van der Waals surface area contributed by atoms with Gasteiger partial charge in [-0.3, -0.25) is 19.2 Å². The van der Waals surface area contributed by atoms with Crippen LogP contribution in [0.1, 0.15) is 64.6 Å². The Morgan fingerprint density at radius 1 is 1.10 bits per heavy atom. The maximum atomic E-state index is 13.5. The number of anilines is 1. The summed E-state index contributed by atoms with van der Waals surface area (Å²) in [6.45, 7) is 8.15. The smallest absolute Gasteiger partial charge is 0.253 e. The molecule has 206 valence electrons. The van der Waals surface area contributed by atoms with E-state index in [0.717, 1.165) is 80.1 Å². The topological polar surface area (TPSA) is 86.3 Å². The molecule has 1 saturated heterocycles. The number of nitrogens with one attached hydrogen (secondary N) is 2. The number of H-pyrrole nitrogens is 1. The second-order valence-corrected chi connectivity index (χ2v) is 10.8. The van der Waals surface area contributed by atoms with Crippen LogP contribution in [0.4, 0.5) is 5.69 Å². The molecule has 1 aromatic carbocycles. The number of fused-ring (bicyclic) bond motifs is 2. The second kappa shape index (κ2) is 12.0. The molecule has 39 heavy (non-hydrogen) atoms. The average Bonchev–Trinajstić information content (AvgIpc) is 3.33. The molecule has 0 spiro atoms. The van der Waals surface area contributed by atoms with E-state index in [1.165, 1.54) is 0 Å². The number of benzene rings is 1. The van der Waals surface area contributed by atoms with Crippen LogP contribution in [-0.2, 0) is 33.0 Å². The number of aromatic amines is 1. The number of piperidine rings is 1. The molecule has 0 radical (unpaired) electrons. The molecule has 2 N–H and O–H groups in total. The van der Waals surface area contributed by atoms with Gasteiger partial charge in [0.2, 0.25) is 0 Å². The third-order valence-electron chi connectivity index (χ3n) is 8.06. The van der Waals surface area contributed by atoms with E-state index < -0.39 is 0 Å². The lowest BCUT2D eigenvalue weighted by molar-refractivity contribution is 0.0950. The van der Waals surface area contributed by atoms with Crippen LogP contribution in [0.2, 0.25) is 0 Å². The maximum Gasteiger partial charge on any atom is 0.253 e. The number of hydrogen-bond acceptors (Lipinski definition) is 5. The van der Waals surface area contributed by atoms with Crippen LogP contribution >= 0.6 is 0 Å². The lowest BCUT2D eigenvalue weighted by Gasteiger charge is -2.40. The number of aryl methyl sites for hydroxylation is 3. The lowest BCUT2D eigenvalue weighted by Crippen LogP contribution is -2.45. The van der Waals surface area contributed by atoms with E-state index in [9.17, 15) is 9.59 Å². The third-order valence-corrected chi connectivity index (χ3v) is 8.06. The summed E-state index contributed by atoms with van der Waals surface area (Å²) in [4.78, 5) is 34.1. The third kappa shape index (κ3) is 6.17. The first-order valence-corrected chi connectivity index (χ1v) is 14.2. The van der Waals surface area contributed by atoms with E-state index in [1.807, 2.05) is 43.0 Å². The molecule has 1 amide bonds. The Balaban J connectivity index is 1.36. The Morgan fingerprint density at radius 3 is 2.67 bits per heavy atom. The number of allylic oxidation sites excluding steroid dienone is 2. The van der Waals surface area contributed by atoms with Gasteiger partial charge in [-0.25, -0.2) is 0 Å². The number of likely N-dealkylation sites (tertiary alicyclic amines) is 1. The molecule has 2 aliphatic heterocycles. The largest absolute Gasteiger partial charge is 0.368 e. The van der Waals surface area contributed by atoms with Gasteiger partial charge in [-0.05, 0) is 81.3 Å². The van der Waals surface area contributed by atoms with Gasteiger partial charge >= 0.3 is 0 Å². The van der Waals surface area contributed by atoms with E-state index in [2.05, 4.69) is 56.4 Å². The van der Waals surface area contributed by atoms with Gasteiger partial charge in [0.1, 0.15) is 0 Å². The van der Waals surface area contributed by atoms with Gasteiger partial charge in [0.15, 0.2) is 0 Å². The summed E-state index contributed by atoms with van der Waals surface area (Å²) in [5, 5.41) is 7.60. The normalized spacial score (nSPS) is 17.9. The maximum absolute atomic E-state index is 13.5. The second-order valence-electron chi connectivity index (χ2n) is 10.8. The first-order valence-electron chi connectivity index (χ1n) is 14.2. The molecule has 0 aliphatic carbocycles. The molecule has 2 aromatic heterocycles. The SMILES string of the molecule is CCN(c1cccc2c1C/C=C/CCc1cc(C)[nH]c(=O)c1CNC2=O)C1CCN(Cc2ccn(C)n2)CC1. The number of amides is 1. The van der Waals surface area contributed by atoms with Gasteiger partial charge < -0.3 is 15.2 Å². The van der Waals surface area contributed by atoms with Crippen LogP contribution in [0.25, 0.3) is 0 Å². The Bertz CT molecular complexity index is 1400. The Kier molecular flexibility index (Phi) is 8.31. The molecule has 1 fully saturated rings. The van der Waals surface area contributed by atoms with Gasteiger partial charge in [0, 0.05) is 74.5 Å². The lowest BCUT2D eigenvalue weighted by atomic mass is 9.96. The van der Waals surface area contributed by atoms with Crippen LogP contribution in [0.3, 0.4) is 0 Å². The fourth-order valence-corrected chi connectivity index (χ4v) is 6.09. The van der Waals surface area contributed by atoms with E-state index in [4.69, 9.17) is 0 Å². The highest BCUT2D eigenvalue weighted by molar-refractivity contribution is 5.97. The van der Waals surface area contributed by atoms with Crippen LogP contribution in [0.5, 0.6) is 0 Å². The average molecular weight is 529 g/mol. The Hall–Kier alpha value is -3.65. The first-order chi connectivity index (χ1) is 18.9. The van der Waals surface area contributed by atoms with Crippen molar-refractivity contribution in [3.05, 3.63) is 92.7 Å². The Morgan fingerprint density at radius 2 is 1.92 bits per heavy atom. The van der Waals surface area contributed by atoms with Gasteiger partial charge in [0.05, 0.1) is 5.69 Å². The number of rotatable bonds is 5. The van der Waals surface area contributed by atoms with E-state index in [1.54, 1.807) is 0 Å². The van der Waals surface area contributed by atoms with Crippen molar-refractivity contribution in [3.8, 4) is 0 Å². The van der Waals surface area contributed by atoms with Crippen molar-refractivity contribution in [2.45, 2.75) is 65.1 Å². The fraction of sp³-hybridized carbons (Fsp3) is 0.452. The minimum Gasteiger partial charge on any atom is -0.368 e. The Labute approximate surface area is 230 Å². The zero-order valence-electron chi connectivity index (χ0n) is 23.4. The molecule has 2 aliphatic rings. The van der Waals surface area contributed by atoms with E-state index in [-0.39, 0.29) is 18.0 Å². The zero-order valence-corrected chi connectivity index (χ0v) is 23.4. The van der Waals surface area contributed by atoms with Crippen LogP contribution in [0, 0.1) is 6.92 Å². The molecule has 4 heterocycles. The van der Waals surface area contributed by atoms with Crippen LogP contribution in [-0.4, -0.2) is 51.2 Å². The van der Waals surface area contributed by atoms with Gasteiger partial charge in [-0.15, -0.1) is 0 Å². The monoisotopic (exact) mass is 528 g/mol. The number of pyridine rings is 1. The zero-order chi connectivity index (χ0) is 27.4. The molecule has 8 heteroatoms. The molecule has 0 atom stereocenters. The van der Waals surface area contributed by atoms with E-state index in [0.29, 0.717) is 23.6 Å². The quantitative estimate of drug-likeness (QED) is 0.491. The standard InChI is InChI=1S/C31H40N6O2/c1-4-37(25-14-17-36(18-15-25)21-24-13-16-35(3)34-24)29-12-8-11-27-26(29)10-7-5-6-9-23-19-22(2)33-31(39)28(23)20-32-30(27)38/h5,7-8,11-13,16,19,25H,4,6,9-10,14-15,17-18,20-21H2,1-3H3,(H,32,38)(H,33,39)/b7-5+. The van der Waals surface area contributed by atoms with Crippen molar-refractivity contribution in [2.24, 2.45) is 7.05 Å². The van der Waals surface area contributed by atoms with Crippen molar-refractivity contribution in [2.75, 3.05) is 24.5 Å². The minimum absolute atomic E-state index is 0.119. The summed E-state index contributed by atoms with van der Waals surface area (Å²) >= 11 is 0. The molecule has 3 aromatic rings. The minimum atomic E-state index is -0.131. The summed E-state index contributed by atoms with van der Waals surface area (Å²) in [5.74, 6) is -0.131. The number of hydrogen-bond donors (Lipinski definition) is 2. The molecular weight excluding hydrogens is 488 g/mol. The van der Waals surface area contributed by atoms with Crippen molar-refractivity contribution < 1.29 is 4.79 Å². The number of carbonyl (C=O) groups is 1. The fourth-order valence-electron chi connectivity index (χ4n) is 6.09. The summed E-state index contributed by atoms with van der Waals surface area (Å²) in [7, 11) is 1.96. The number of nitrogens with zero attached hydrogens (tertiary/aromatic N) is 4. The van der Waals surface area contributed by atoms with Crippen molar-refractivity contribution in [1.82, 2.24) is 25.0 Å². The molecular formula is C31H40N6O2. The predicted molar refractivity (Wildman–Crippen MR) is 155 cm³/mol. The predicted octanol–water partition coefficient (Wildman–Crippen LogP) is 3.88. The highest BCUT2D eigenvalue weighted by Crippen LogP contribution is 2.30. The first kappa shape index (κ1) is 26.9. The highest BCUT2D eigenvalue weighted by Gasteiger charge is 2.27. The molecule has 8 nitrogen and oxygen atoms in total. The van der Waals surface area contributed by atoms with Crippen molar-refractivity contribution >= 4 is 11.6 Å². The van der Waals surface area contributed by atoms with Gasteiger partial charge in [-0.2, -0.15) is 5.10 Å². The molecule has 0 saturated carbocycles. The summed E-state index contributed by atoms with van der Waals surface area (Å²) in [6.07, 6.45) is 10.9. The summed E-state index contributed by atoms with van der Waals surface area (Å²) in [5.41, 5.74) is 6.38. The molecule has 5 rings (SSSR count). The van der Waals surface area contributed by atoms with Crippen molar-refractivity contribution in [1.29, 1.82) is 0 Å². The summed E-state index contributed by atoms with van der Waals surface area (Å²) in [6, 6.07) is 10.6. The van der Waals surface area contributed by atoms with E-state index >= 15 is 0 Å². The highest BCUT2D eigenvalue weighted by atomic mass is 16.1. The van der Waals surface area contributed by atoms with Gasteiger partial charge in [0.25, 0.3) is 11.5 Å². The number of carbonyl (C=O) groups excluding carboxylic acids is 1. The summed E-state index contributed by atoms with van der Waals surface area (Å²) < 4.78 is 1.86.